The van der Waals surface area contributed by atoms with E-state index in [2.05, 4.69) is 63.3 Å². The molecule has 0 saturated heterocycles. The lowest BCUT2D eigenvalue weighted by atomic mass is 10.1. The first-order valence-electron chi connectivity index (χ1n) is 9.20. The standard InChI is InChI=1S/C23H22N4/c1-3-8-19(9-4-1)10-7-14-24-15-13-22-26-23(20-11-5-2-6-12-20)21-18-25-16-17-27(21)22/h1-12,16-18,24H,13-15H2/b10-7+. The van der Waals surface area contributed by atoms with Gasteiger partial charge in [0.2, 0.25) is 0 Å². The van der Waals surface area contributed by atoms with Crippen molar-refractivity contribution in [3.8, 4) is 11.3 Å². The van der Waals surface area contributed by atoms with E-state index >= 15 is 0 Å². The molecule has 0 radical (unpaired) electrons. The average Bonchev–Trinajstić information content (AvgIpc) is 3.11. The van der Waals surface area contributed by atoms with Crippen LogP contribution < -0.4 is 5.32 Å². The van der Waals surface area contributed by atoms with Gasteiger partial charge in [0, 0.05) is 37.5 Å². The molecule has 1 N–H and O–H groups in total. The summed E-state index contributed by atoms with van der Waals surface area (Å²) in [5.74, 6) is 1.05. The molecule has 2 aromatic heterocycles. The Hall–Kier alpha value is -3.24. The third-order valence-corrected chi connectivity index (χ3v) is 4.46. The zero-order valence-electron chi connectivity index (χ0n) is 15.1. The second-order valence-corrected chi connectivity index (χ2v) is 6.34. The first-order chi connectivity index (χ1) is 13.4. The van der Waals surface area contributed by atoms with Gasteiger partial charge in [0.05, 0.1) is 17.4 Å². The van der Waals surface area contributed by atoms with Crippen LogP contribution in [0.25, 0.3) is 22.9 Å². The van der Waals surface area contributed by atoms with Crippen LogP contribution in [0.15, 0.2) is 85.3 Å². The smallest absolute Gasteiger partial charge is 0.115 e. The Kier molecular flexibility index (Phi) is 5.36. The predicted molar refractivity (Wildman–Crippen MR) is 110 cm³/mol. The Balaban J connectivity index is 1.41. The van der Waals surface area contributed by atoms with Gasteiger partial charge in [0.1, 0.15) is 5.82 Å². The molecule has 4 aromatic rings. The van der Waals surface area contributed by atoms with E-state index in [-0.39, 0.29) is 0 Å². The van der Waals surface area contributed by atoms with Crippen molar-refractivity contribution in [2.24, 2.45) is 0 Å². The van der Waals surface area contributed by atoms with Crippen LogP contribution in [-0.4, -0.2) is 27.5 Å². The minimum Gasteiger partial charge on any atom is -0.313 e. The van der Waals surface area contributed by atoms with Gasteiger partial charge >= 0.3 is 0 Å². The number of nitrogens with one attached hydrogen (secondary N) is 1. The molecule has 134 valence electrons. The van der Waals surface area contributed by atoms with Gasteiger partial charge in [-0.25, -0.2) is 4.98 Å². The number of hydrogen-bond acceptors (Lipinski definition) is 3. The first-order valence-corrected chi connectivity index (χ1v) is 9.20. The molecule has 0 unspecified atom stereocenters. The van der Waals surface area contributed by atoms with Crippen molar-refractivity contribution in [2.45, 2.75) is 6.42 Å². The van der Waals surface area contributed by atoms with Crippen LogP contribution in [0.2, 0.25) is 0 Å². The third-order valence-electron chi connectivity index (χ3n) is 4.46. The molecule has 2 heterocycles. The van der Waals surface area contributed by atoms with Crippen LogP contribution in [0.1, 0.15) is 11.4 Å². The van der Waals surface area contributed by atoms with Gasteiger partial charge < -0.3 is 9.72 Å². The lowest BCUT2D eigenvalue weighted by Crippen LogP contribution is -2.18. The van der Waals surface area contributed by atoms with Crippen LogP contribution in [0, 0.1) is 0 Å². The third kappa shape index (κ3) is 4.13. The number of aromatic nitrogens is 3. The molecule has 4 heteroatoms. The van der Waals surface area contributed by atoms with E-state index in [0.717, 1.165) is 42.1 Å². The number of imidazole rings is 1. The van der Waals surface area contributed by atoms with Gasteiger partial charge in [0.25, 0.3) is 0 Å². The number of nitrogens with zero attached hydrogens (tertiary/aromatic N) is 3. The highest BCUT2D eigenvalue weighted by molar-refractivity contribution is 5.77. The molecular formula is C23H22N4. The summed E-state index contributed by atoms with van der Waals surface area (Å²) in [7, 11) is 0. The van der Waals surface area contributed by atoms with Gasteiger partial charge in [-0.1, -0.05) is 72.8 Å². The number of hydrogen-bond donors (Lipinski definition) is 1. The fraction of sp³-hybridized carbons (Fsp3) is 0.130. The van der Waals surface area contributed by atoms with Crippen molar-refractivity contribution in [3.05, 3.63) is 96.7 Å². The summed E-state index contributed by atoms with van der Waals surface area (Å²) in [6.45, 7) is 1.71. The fourth-order valence-electron chi connectivity index (χ4n) is 3.13. The summed E-state index contributed by atoms with van der Waals surface area (Å²) < 4.78 is 2.14. The van der Waals surface area contributed by atoms with Crippen LogP contribution in [0.3, 0.4) is 0 Å². The molecule has 0 amide bonds. The van der Waals surface area contributed by atoms with Crippen molar-refractivity contribution in [2.75, 3.05) is 13.1 Å². The summed E-state index contributed by atoms with van der Waals surface area (Å²) in [6, 6.07) is 20.6. The molecule has 0 aliphatic rings. The van der Waals surface area contributed by atoms with Crippen molar-refractivity contribution in [1.29, 1.82) is 0 Å². The average molecular weight is 354 g/mol. The van der Waals surface area contributed by atoms with Crippen LogP contribution in [-0.2, 0) is 6.42 Å². The van der Waals surface area contributed by atoms with Crippen molar-refractivity contribution >= 4 is 11.6 Å². The van der Waals surface area contributed by atoms with Crippen LogP contribution in [0.4, 0.5) is 0 Å². The van der Waals surface area contributed by atoms with E-state index in [1.165, 1.54) is 5.56 Å². The van der Waals surface area contributed by atoms with E-state index < -0.39 is 0 Å². The number of benzene rings is 2. The Morgan fingerprint density at radius 3 is 2.56 bits per heavy atom. The molecule has 2 aromatic carbocycles. The zero-order valence-corrected chi connectivity index (χ0v) is 15.1. The van der Waals surface area contributed by atoms with Gasteiger partial charge in [-0.05, 0) is 5.56 Å². The molecule has 0 saturated carbocycles. The van der Waals surface area contributed by atoms with Crippen molar-refractivity contribution < 1.29 is 0 Å². The Morgan fingerprint density at radius 2 is 1.74 bits per heavy atom. The Morgan fingerprint density at radius 1 is 0.963 bits per heavy atom. The molecule has 0 aliphatic carbocycles. The minimum absolute atomic E-state index is 0.839. The Labute approximate surface area is 159 Å². The highest BCUT2D eigenvalue weighted by Crippen LogP contribution is 2.24. The molecule has 0 fully saturated rings. The maximum Gasteiger partial charge on any atom is 0.115 e. The summed E-state index contributed by atoms with van der Waals surface area (Å²) >= 11 is 0. The zero-order chi connectivity index (χ0) is 18.3. The van der Waals surface area contributed by atoms with Gasteiger partial charge in [-0.2, -0.15) is 0 Å². The lowest BCUT2D eigenvalue weighted by Gasteiger charge is -2.02. The van der Waals surface area contributed by atoms with Gasteiger partial charge in [-0.15, -0.1) is 0 Å². The largest absolute Gasteiger partial charge is 0.313 e. The first kappa shape index (κ1) is 17.2. The summed E-state index contributed by atoms with van der Waals surface area (Å²) in [6.07, 6.45) is 10.8. The maximum atomic E-state index is 4.89. The maximum absolute atomic E-state index is 4.89. The van der Waals surface area contributed by atoms with E-state index in [1.807, 2.05) is 42.9 Å². The van der Waals surface area contributed by atoms with Gasteiger partial charge in [-0.3, -0.25) is 4.98 Å². The molecule has 0 bridgehead atoms. The molecular weight excluding hydrogens is 332 g/mol. The summed E-state index contributed by atoms with van der Waals surface area (Å²) in [5.41, 5.74) is 4.37. The molecule has 27 heavy (non-hydrogen) atoms. The molecule has 0 atom stereocenters. The predicted octanol–water partition coefficient (Wildman–Crippen LogP) is 4.24. The molecule has 0 spiro atoms. The highest BCUT2D eigenvalue weighted by Gasteiger charge is 2.12. The number of rotatable bonds is 7. The Bertz CT molecular complexity index is 1020. The fourth-order valence-corrected chi connectivity index (χ4v) is 3.13. The van der Waals surface area contributed by atoms with Crippen LogP contribution in [0.5, 0.6) is 0 Å². The minimum atomic E-state index is 0.839. The highest BCUT2D eigenvalue weighted by atomic mass is 15.0. The number of fused-ring (bicyclic) bond motifs is 1. The van der Waals surface area contributed by atoms with Crippen molar-refractivity contribution in [3.63, 3.8) is 0 Å². The van der Waals surface area contributed by atoms with Crippen molar-refractivity contribution in [1.82, 2.24) is 19.7 Å². The van der Waals surface area contributed by atoms with E-state index in [9.17, 15) is 0 Å². The normalized spacial score (nSPS) is 11.4. The second-order valence-electron chi connectivity index (χ2n) is 6.34. The molecule has 4 rings (SSSR count). The van der Waals surface area contributed by atoms with E-state index in [0.29, 0.717) is 0 Å². The van der Waals surface area contributed by atoms with Crippen LogP contribution >= 0.6 is 0 Å². The summed E-state index contributed by atoms with van der Waals surface area (Å²) in [4.78, 5) is 9.17. The van der Waals surface area contributed by atoms with Gasteiger partial charge in [0.15, 0.2) is 0 Å². The SMILES string of the molecule is C(=C\c1ccccc1)/CNCCc1nc(-c2ccccc2)c2cnccn12. The monoisotopic (exact) mass is 354 g/mol. The van der Waals surface area contributed by atoms with E-state index in [1.54, 1.807) is 0 Å². The lowest BCUT2D eigenvalue weighted by molar-refractivity contribution is 0.718. The topological polar surface area (TPSA) is 42.2 Å². The second kappa shape index (κ2) is 8.43. The molecule has 0 aliphatic heterocycles. The summed E-state index contributed by atoms with van der Waals surface area (Å²) in [5, 5.41) is 3.46. The van der Waals surface area contributed by atoms with E-state index in [4.69, 9.17) is 4.98 Å². The quantitative estimate of drug-likeness (QED) is 0.505. The molecule has 4 nitrogen and oxygen atoms in total.